The molecule has 1 aliphatic rings. The molecule has 19 heavy (non-hydrogen) atoms. The zero-order chi connectivity index (χ0) is 13.1. The molecule has 2 nitrogen and oxygen atoms in total. The number of nitrogens with zero attached hydrogens (tertiary/aromatic N) is 1. The van der Waals surface area contributed by atoms with E-state index in [2.05, 4.69) is 47.6 Å². The maximum atomic E-state index is 4.55. The van der Waals surface area contributed by atoms with E-state index in [1.165, 1.54) is 42.9 Å². The van der Waals surface area contributed by atoms with Crippen LogP contribution in [0, 0.1) is 5.92 Å². The highest BCUT2D eigenvalue weighted by Crippen LogP contribution is 2.28. The van der Waals surface area contributed by atoms with Crippen molar-refractivity contribution in [1.82, 2.24) is 4.98 Å². The molecule has 0 saturated heterocycles. The summed E-state index contributed by atoms with van der Waals surface area (Å²) in [6.45, 7) is 2.37. The second-order valence-electron chi connectivity index (χ2n) is 5.75. The molecule has 0 radical (unpaired) electrons. The molecule has 100 valence electrons. The van der Waals surface area contributed by atoms with Crippen molar-refractivity contribution >= 4 is 16.6 Å². The zero-order valence-corrected chi connectivity index (χ0v) is 11.6. The summed E-state index contributed by atoms with van der Waals surface area (Å²) in [5, 5.41) is 6.21. The van der Waals surface area contributed by atoms with Crippen LogP contribution >= 0.6 is 0 Å². The molecule has 3 rings (SSSR count). The number of anilines is 1. The minimum Gasteiger partial charge on any atom is -0.367 e. The molecule has 0 spiro atoms. The Balaban J connectivity index is 1.88. The van der Waals surface area contributed by atoms with E-state index in [0.29, 0.717) is 6.04 Å². The minimum absolute atomic E-state index is 0.570. The predicted molar refractivity (Wildman–Crippen MR) is 81.4 cm³/mol. The number of fused-ring (bicyclic) bond motifs is 1. The van der Waals surface area contributed by atoms with Crippen LogP contribution in [0.1, 0.15) is 39.0 Å². The number of benzene rings is 1. The molecular weight excluding hydrogens is 232 g/mol. The van der Waals surface area contributed by atoms with Gasteiger partial charge < -0.3 is 5.32 Å². The summed E-state index contributed by atoms with van der Waals surface area (Å²) < 4.78 is 0. The number of nitrogens with one attached hydrogen (secondary N) is 1. The smallest absolute Gasteiger partial charge is 0.134 e. The van der Waals surface area contributed by atoms with Crippen LogP contribution in [0.25, 0.3) is 10.8 Å². The lowest BCUT2D eigenvalue weighted by molar-refractivity contribution is 0.456. The molecule has 1 aromatic carbocycles. The van der Waals surface area contributed by atoms with Crippen LogP contribution in [0.3, 0.4) is 0 Å². The monoisotopic (exact) mass is 254 g/mol. The van der Waals surface area contributed by atoms with Gasteiger partial charge in [-0.15, -0.1) is 0 Å². The summed E-state index contributed by atoms with van der Waals surface area (Å²) in [6, 6.07) is 11.1. The molecule has 0 aliphatic heterocycles. The van der Waals surface area contributed by atoms with Crippen molar-refractivity contribution in [2.45, 2.75) is 45.1 Å². The molecule has 0 bridgehead atoms. The van der Waals surface area contributed by atoms with Crippen molar-refractivity contribution in [3.05, 3.63) is 36.5 Å². The van der Waals surface area contributed by atoms with Gasteiger partial charge in [0.25, 0.3) is 0 Å². The van der Waals surface area contributed by atoms with E-state index in [1.807, 2.05) is 6.20 Å². The zero-order valence-electron chi connectivity index (χ0n) is 11.6. The predicted octanol–water partition coefficient (Wildman–Crippen LogP) is 4.62. The number of rotatable bonds is 2. The quantitative estimate of drug-likeness (QED) is 0.791. The topological polar surface area (TPSA) is 24.9 Å². The molecule has 1 fully saturated rings. The summed E-state index contributed by atoms with van der Waals surface area (Å²) in [5.74, 6) is 1.79. The van der Waals surface area contributed by atoms with Crippen LogP contribution in [0.2, 0.25) is 0 Å². The number of pyridine rings is 1. The molecule has 1 aromatic heterocycles. The van der Waals surface area contributed by atoms with Crippen molar-refractivity contribution in [2.75, 3.05) is 5.32 Å². The molecule has 0 amide bonds. The lowest BCUT2D eigenvalue weighted by atomic mass is 9.97. The van der Waals surface area contributed by atoms with Crippen molar-refractivity contribution in [3.63, 3.8) is 0 Å². The third-order valence-electron chi connectivity index (χ3n) is 4.36. The van der Waals surface area contributed by atoms with Gasteiger partial charge in [-0.05, 0) is 30.2 Å². The largest absolute Gasteiger partial charge is 0.367 e. The molecule has 1 heterocycles. The third kappa shape index (κ3) is 2.73. The average molecular weight is 254 g/mol. The molecule has 1 saturated carbocycles. The molecule has 2 heteroatoms. The van der Waals surface area contributed by atoms with Crippen LogP contribution in [-0.2, 0) is 0 Å². The van der Waals surface area contributed by atoms with Crippen LogP contribution < -0.4 is 5.32 Å². The molecular formula is C17H22N2. The third-order valence-corrected chi connectivity index (χ3v) is 4.36. The first kappa shape index (κ1) is 12.5. The maximum absolute atomic E-state index is 4.55. The van der Waals surface area contributed by atoms with E-state index in [9.17, 15) is 0 Å². The van der Waals surface area contributed by atoms with Crippen LogP contribution in [0.4, 0.5) is 5.82 Å². The van der Waals surface area contributed by atoms with E-state index < -0.39 is 0 Å². The van der Waals surface area contributed by atoms with Gasteiger partial charge in [0.05, 0.1) is 0 Å². The molecule has 1 N–H and O–H groups in total. The van der Waals surface area contributed by atoms with Crippen LogP contribution in [0.15, 0.2) is 36.5 Å². The molecule has 2 unspecified atom stereocenters. The first-order chi connectivity index (χ1) is 9.34. The standard InChI is InChI=1S/C17H22N2/c1-13-7-3-2-4-10-16(13)19-17-15-9-6-5-8-14(15)11-12-18-17/h5-6,8-9,11-13,16H,2-4,7,10H2,1H3,(H,18,19). The van der Waals surface area contributed by atoms with Gasteiger partial charge in [0, 0.05) is 17.6 Å². The van der Waals surface area contributed by atoms with Crippen LogP contribution in [-0.4, -0.2) is 11.0 Å². The maximum Gasteiger partial charge on any atom is 0.134 e. The van der Waals surface area contributed by atoms with Gasteiger partial charge in [-0.3, -0.25) is 0 Å². The highest BCUT2D eigenvalue weighted by molar-refractivity contribution is 5.91. The first-order valence-electron chi connectivity index (χ1n) is 7.45. The Morgan fingerprint density at radius 3 is 2.84 bits per heavy atom. The van der Waals surface area contributed by atoms with E-state index in [1.54, 1.807) is 0 Å². The number of aromatic nitrogens is 1. The Kier molecular flexibility index (Phi) is 3.67. The number of hydrogen-bond acceptors (Lipinski definition) is 2. The fourth-order valence-corrected chi connectivity index (χ4v) is 3.12. The van der Waals surface area contributed by atoms with E-state index >= 15 is 0 Å². The van der Waals surface area contributed by atoms with Crippen molar-refractivity contribution in [1.29, 1.82) is 0 Å². The van der Waals surface area contributed by atoms with Crippen LogP contribution in [0.5, 0.6) is 0 Å². The second kappa shape index (κ2) is 5.60. The van der Waals surface area contributed by atoms with Gasteiger partial charge in [-0.2, -0.15) is 0 Å². The van der Waals surface area contributed by atoms with Crippen molar-refractivity contribution in [3.8, 4) is 0 Å². The summed E-state index contributed by atoms with van der Waals surface area (Å²) in [5.41, 5.74) is 0. The van der Waals surface area contributed by atoms with E-state index in [0.717, 1.165) is 11.7 Å². The van der Waals surface area contributed by atoms with E-state index in [-0.39, 0.29) is 0 Å². The highest BCUT2D eigenvalue weighted by Gasteiger charge is 2.20. The lowest BCUT2D eigenvalue weighted by Crippen LogP contribution is -2.26. The SMILES string of the molecule is CC1CCCCCC1Nc1nccc2ccccc12. The fraction of sp³-hybridized carbons (Fsp3) is 0.471. The summed E-state index contributed by atoms with van der Waals surface area (Å²) in [6.07, 6.45) is 8.61. The Bertz CT molecular complexity index is 544. The average Bonchev–Trinajstić information content (AvgIpc) is 2.65. The Labute approximate surface area is 115 Å². The van der Waals surface area contributed by atoms with Gasteiger partial charge >= 0.3 is 0 Å². The number of hydrogen-bond donors (Lipinski definition) is 1. The highest BCUT2D eigenvalue weighted by atomic mass is 15.0. The first-order valence-corrected chi connectivity index (χ1v) is 7.45. The molecule has 1 aliphatic carbocycles. The fourth-order valence-electron chi connectivity index (χ4n) is 3.12. The van der Waals surface area contributed by atoms with Crippen molar-refractivity contribution in [2.24, 2.45) is 5.92 Å². The van der Waals surface area contributed by atoms with Gasteiger partial charge in [0.1, 0.15) is 5.82 Å². The molecule has 2 atom stereocenters. The van der Waals surface area contributed by atoms with Crippen molar-refractivity contribution < 1.29 is 0 Å². The summed E-state index contributed by atoms with van der Waals surface area (Å²) >= 11 is 0. The Morgan fingerprint density at radius 2 is 1.89 bits per heavy atom. The Morgan fingerprint density at radius 1 is 1.05 bits per heavy atom. The molecule has 2 aromatic rings. The summed E-state index contributed by atoms with van der Waals surface area (Å²) in [4.78, 5) is 4.55. The minimum atomic E-state index is 0.570. The van der Waals surface area contributed by atoms with Gasteiger partial charge in [-0.25, -0.2) is 4.98 Å². The normalized spacial score (nSPS) is 24.1. The Hall–Kier alpha value is -1.57. The lowest BCUT2D eigenvalue weighted by Gasteiger charge is -2.24. The van der Waals surface area contributed by atoms with Gasteiger partial charge in [-0.1, -0.05) is 50.5 Å². The van der Waals surface area contributed by atoms with Gasteiger partial charge in [0.2, 0.25) is 0 Å². The van der Waals surface area contributed by atoms with Gasteiger partial charge in [0.15, 0.2) is 0 Å². The van der Waals surface area contributed by atoms with E-state index in [4.69, 9.17) is 0 Å². The summed E-state index contributed by atoms with van der Waals surface area (Å²) in [7, 11) is 0. The second-order valence-corrected chi connectivity index (χ2v) is 5.75.